The first kappa shape index (κ1) is 16.6. The van der Waals surface area contributed by atoms with Crippen molar-refractivity contribution in [1.82, 2.24) is 25.6 Å². The molecule has 0 atom stereocenters. The van der Waals surface area contributed by atoms with Gasteiger partial charge in [-0.3, -0.25) is 14.9 Å². The van der Waals surface area contributed by atoms with E-state index < -0.39 is 36.1 Å². The van der Waals surface area contributed by atoms with Crippen LogP contribution in [0.2, 0.25) is 0 Å². The van der Waals surface area contributed by atoms with E-state index in [1.54, 1.807) is 0 Å². The summed E-state index contributed by atoms with van der Waals surface area (Å²) in [5, 5.41) is 10.6. The second-order valence-electron chi connectivity index (χ2n) is 3.93. The number of alkyl halides is 3. The number of carbonyl (C=O) groups excluding carboxylic acids is 3. The summed E-state index contributed by atoms with van der Waals surface area (Å²) in [5.41, 5.74) is -0.925. The lowest BCUT2D eigenvalue weighted by Crippen LogP contribution is -2.41. The standard InChI is InChI=1S/C10H12F3N5O3/c1-2-3-14-9(21)15-7(19)5-18-4-6(16-17-18)8(20)10(11,12)13/h4H,2-3,5H2,1H3,(H2,14,15,19,21). The number of halogens is 3. The molecule has 0 aliphatic rings. The van der Waals surface area contributed by atoms with E-state index in [0.717, 1.165) is 4.68 Å². The average molecular weight is 307 g/mol. The number of amides is 3. The highest BCUT2D eigenvalue weighted by Crippen LogP contribution is 2.19. The number of ketones is 1. The molecule has 0 aromatic carbocycles. The lowest BCUT2D eigenvalue weighted by atomic mass is 10.3. The lowest BCUT2D eigenvalue weighted by molar-refractivity contribution is -0.120. The number of hydrogen-bond donors (Lipinski definition) is 2. The zero-order valence-corrected chi connectivity index (χ0v) is 10.9. The van der Waals surface area contributed by atoms with Crippen molar-refractivity contribution in [2.45, 2.75) is 26.1 Å². The van der Waals surface area contributed by atoms with Gasteiger partial charge in [-0.1, -0.05) is 12.1 Å². The fraction of sp³-hybridized carbons (Fsp3) is 0.500. The van der Waals surface area contributed by atoms with Gasteiger partial charge >= 0.3 is 12.2 Å². The molecule has 8 nitrogen and oxygen atoms in total. The SMILES string of the molecule is CCCNC(=O)NC(=O)Cn1cc(C(=O)C(F)(F)F)nn1. The molecule has 1 aromatic rings. The maximum absolute atomic E-state index is 12.1. The minimum absolute atomic E-state index is 0.368. The average Bonchev–Trinajstić information content (AvgIpc) is 2.82. The Balaban J connectivity index is 2.57. The van der Waals surface area contributed by atoms with Gasteiger partial charge in [0.1, 0.15) is 6.54 Å². The molecule has 1 rings (SSSR count). The summed E-state index contributed by atoms with van der Waals surface area (Å²) in [5.74, 6) is -2.96. The summed E-state index contributed by atoms with van der Waals surface area (Å²) in [4.78, 5) is 33.4. The van der Waals surface area contributed by atoms with Gasteiger partial charge in [0.25, 0.3) is 5.78 Å². The second kappa shape index (κ2) is 6.81. The molecule has 1 heterocycles. The first-order valence-corrected chi connectivity index (χ1v) is 5.83. The Morgan fingerprint density at radius 1 is 1.33 bits per heavy atom. The number of rotatable bonds is 5. The summed E-state index contributed by atoms with van der Waals surface area (Å²) in [6, 6.07) is -0.728. The number of nitrogens with one attached hydrogen (secondary N) is 2. The summed E-state index contributed by atoms with van der Waals surface area (Å²) < 4.78 is 37.1. The van der Waals surface area contributed by atoms with Crippen LogP contribution in [0.25, 0.3) is 0 Å². The maximum atomic E-state index is 12.1. The van der Waals surface area contributed by atoms with Crippen LogP contribution in [0.5, 0.6) is 0 Å². The molecule has 1 aromatic heterocycles. The van der Waals surface area contributed by atoms with E-state index >= 15 is 0 Å². The first-order chi connectivity index (χ1) is 9.74. The minimum Gasteiger partial charge on any atom is -0.338 e. The third-order valence-electron chi connectivity index (χ3n) is 2.12. The van der Waals surface area contributed by atoms with E-state index in [4.69, 9.17) is 0 Å². The Bertz CT molecular complexity index is 540. The van der Waals surface area contributed by atoms with Crippen LogP contribution in [-0.4, -0.2) is 45.4 Å². The van der Waals surface area contributed by atoms with Crippen molar-refractivity contribution in [1.29, 1.82) is 0 Å². The summed E-state index contributed by atoms with van der Waals surface area (Å²) in [7, 11) is 0. The number of nitrogens with zero attached hydrogens (tertiary/aromatic N) is 3. The molecule has 21 heavy (non-hydrogen) atoms. The van der Waals surface area contributed by atoms with Gasteiger partial charge in [0, 0.05) is 6.54 Å². The Labute approximate surface area is 116 Å². The highest BCUT2D eigenvalue weighted by molar-refractivity contribution is 5.98. The van der Waals surface area contributed by atoms with Gasteiger partial charge in [-0.2, -0.15) is 13.2 Å². The van der Waals surface area contributed by atoms with E-state index in [9.17, 15) is 27.6 Å². The molecule has 0 aliphatic heterocycles. The van der Waals surface area contributed by atoms with Crippen molar-refractivity contribution in [2.24, 2.45) is 0 Å². The van der Waals surface area contributed by atoms with Gasteiger partial charge < -0.3 is 5.32 Å². The van der Waals surface area contributed by atoms with Crippen LogP contribution in [0, 0.1) is 0 Å². The zero-order valence-electron chi connectivity index (χ0n) is 10.9. The van der Waals surface area contributed by atoms with E-state index in [1.807, 2.05) is 12.2 Å². The zero-order chi connectivity index (χ0) is 16.0. The summed E-state index contributed by atoms with van der Waals surface area (Å²) in [6.45, 7) is 1.64. The maximum Gasteiger partial charge on any atom is 0.456 e. The molecule has 3 amide bonds. The Hall–Kier alpha value is -2.46. The topological polar surface area (TPSA) is 106 Å². The van der Waals surface area contributed by atoms with Gasteiger partial charge in [0.15, 0.2) is 5.69 Å². The number of Topliss-reactive ketones (excluding diaryl/α,β-unsaturated/α-hetero) is 1. The van der Waals surface area contributed by atoms with Crippen molar-refractivity contribution in [2.75, 3.05) is 6.54 Å². The fourth-order valence-corrected chi connectivity index (χ4v) is 1.22. The quantitative estimate of drug-likeness (QED) is 0.759. The van der Waals surface area contributed by atoms with E-state index in [0.29, 0.717) is 19.2 Å². The Kier molecular flexibility index (Phi) is 5.38. The monoisotopic (exact) mass is 307 g/mol. The predicted octanol–water partition coefficient (Wildman–Crippen LogP) is 0.259. The van der Waals surface area contributed by atoms with Crippen molar-refractivity contribution in [3.8, 4) is 0 Å². The molecule has 0 unspecified atom stereocenters. The van der Waals surface area contributed by atoms with Crippen LogP contribution in [0.15, 0.2) is 6.20 Å². The van der Waals surface area contributed by atoms with E-state index in [2.05, 4.69) is 15.6 Å². The highest BCUT2D eigenvalue weighted by atomic mass is 19.4. The van der Waals surface area contributed by atoms with Crippen molar-refractivity contribution in [3.63, 3.8) is 0 Å². The normalized spacial score (nSPS) is 11.0. The third-order valence-corrected chi connectivity index (χ3v) is 2.12. The molecule has 0 radical (unpaired) electrons. The molecule has 0 saturated carbocycles. The van der Waals surface area contributed by atoms with Crippen LogP contribution in [0.3, 0.4) is 0 Å². The van der Waals surface area contributed by atoms with Crippen molar-refractivity contribution >= 4 is 17.7 Å². The highest BCUT2D eigenvalue weighted by Gasteiger charge is 2.41. The molecular weight excluding hydrogens is 295 g/mol. The van der Waals surface area contributed by atoms with Crippen molar-refractivity contribution < 1.29 is 27.6 Å². The minimum atomic E-state index is -5.07. The summed E-state index contributed by atoms with van der Waals surface area (Å²) in [6.07, 6.45) is -3.71. The number of urea groups is 1. The molecule has 0 fully saturated rings. The smallest absolute Gasteiger partial charge is 0.338 e. The van der Waals surface area contributed by atoms with Gasteiger partial charge in [-0.05, 0) is 6.42 Å². The van der Waals surface area contributed by atoms with Crippen LogP contribution < -0.4 is 10.6 Å². The van der Waals surface area contributed by atoms with Crippen molar-refractivity contribution in [3.05, 3.63) is 11.9 Å². The van der Waals surface area contributed by atoms with E-state index in [1.165, 1.54) is 0 Å². The van der Waals surface area contributed by atoms with Gasteiger partial charge in [-0.25, -0.2) is 9.48 Å². The van der Waals surface area contributed by atoms with Crippen LogP contribution in [0.4, 0.5) is 18.0 Å². The molecule has 0 aliphatic carbocycles. The molecule has 11 heteroatoms. The lowest BCUT2D eigenvalue weighted by Gasteiger charge is -2.05. The van der Waals surface area contributed by atoms with Crippen LogP contribution in [-0.2, 0) is 11.3 Å². The van der Waals surface area contributed by atoms with Crippen LogP contribution in [0.1, 0.15) is 23.8 Å². The second-order valence-corrected chi connectivity index (χ2v) is 3.93. The molecule has 0 bridgehead atoms. The number of aromatic nitrogens is 3. The van der Waals surface area contributed by atoms with E-state index in [-0.39, 0.29) is 0 Å². The number of imide groups is 1. The number of hydrogen-bond acceptors (Lipinski definition) is 5. The third kappa shape index (κ3) is 5.20. The van der Waals surface area contributed by atoms with Gasteiger partial charge in [-0.15, -0.1) is 5.10 Å². The molecular formula is C10H12F3N5O3. The molecule has 0 spiro atoms. The Morgan fingerprint density at radius 3 is 2.57 bits per heavy atom. The van der Waals surface area contributed by atoms with Gasteiger partial charge in [0.05, 0.1) is 6.20 Å². The number of carbonyl (C=O) groups is 3. The summed E-state index contributed by atoms with van der Waals surface area (Å²) >= 11 is 0. The first-order valence-electron chi connectivity index (χ1n) is 5.83. The molecule has 0 saturated heterocycles. The largest absolute Gasteiger partial charge is 0.456 e. The molecule has 2 N–H and O–H groups in total. The van der Waals surface area contributed by atoms with Gasteiger partial charge in [0.2, 0.25) is 5.91 Å². The fourth-order valence-electron chi connectivity index (χ4n) is 1.22. The molecule has 116 valence electrons. The van der Waals surface area contributed by atoms with Crippen LogP contribution >= 0.6 is 0 Å². The predicted molar refractivity (Wildman–Crippen MR) is 62.2 cm³/mol. The Morgan fingerprint density at radius 2 is 2.00 bits per heavy atom.